The molecule has 0 radical (unpaired) electrons. The summed E-state index contributed by atoms with van der Waals surface area (Å²) in [6.45, 7) is 4.20. The highest BCUT2D eigenvalue weighted by Crippen LogP contribution is 2.25. The second-order valence-corrected chi connectivity index (χ2v) is 6.45. The quantitative estimate of drug-likeness (QED) is 0.364. The van der Waals surface area contributed by atoms with Crippen LogP contribution in [0.1, 0.15) is 68.2 Å². The zero-order valence-corrected chi connectivity index (χ0v) is 15.6. The average molecular weight is 352 g/mol. The number of hydrogen-bond acceptors (Lipinski definition) is 0. The molecule has 0 nitrogen and oxygen atoms in total. The molecule has 2 aromatic carbocycles. The summed E-state index contributed by atoms with van der Waals surface area (Å²) in [5.41, 5.74) is 3.31. The Morgan fingerprint density at radius 2 is 1.35 bits per heavy atom. The molecular formula is C24H26F2. The van der Waals surface area contributed by atoms with Gasteiger partial charge in [0, 0.05) is 23.1 Å². The number of halogens is 2. The Morgan fingerprint density at radius 1 is 0.769 bits per heavy atom. The molecule has 2 rings (SSSR count). The van der Waals surface area contributed by atoms with Crippen molar-refractivity contribution in [2.24, 2.45) is 0 Å². The first-order valence-electron chi connectivity index (χ1n) is 9.39. The van der Waals surface area contributed by atoms with E-state index in [0.717, 1.165) is 36.8 Å². The minimum atomic E-state index is -0.757. The summed E-state index contributed by atoms with van der Waals surface area (Å²) in [4.78, 5) is 0. The van der Waals surface area contributed by atoms with Crippen LogP contribution in [0, 0.1) is 11.8 Å². The zero-order chi connectivity index (χ0) is 18.8. The number of aryl methyl sites for hydroxylation is 1. The Hall–Kier alpha value is -2.40. The van der Waals surface area contributed by atoms with E-state index >= 15 is 0 Å². The number of allylic oxidation sites excluding steroid dienone is 1. The minimum absolute atomic E-state index is 0.162. The van der Waals surface area contributed by atoms with E-state index in [-0.39, 0.29) is 12.0 Å². The summed E-state index contributed by atoms with van der Waals surface area (Å²) in [5.74, 6) is 4.75. The van der Waals surface area contributed by atoms with Gasteiger partial charge < -0.3 is 0 Å². The van der Waals surface area contributed by atoms with Crippen LogP contribution >= 0.6 is 0 Å². The Kier molecular flexibility index (Phi) is 8.09. The number of benzene rings is 2. The third kappa shape index (κ3) is 6.15. The highest BCUT2D eigenvalue weighted by atomic mass is 19.2. The summed E-state index contributed by atoms with van der Waals surface area (Å²) < 4.78 is 27.9. The van der Waals surface area contributed by atoms with Gasteiger partial charge in [-0.1, -0.05) is 69.2 Å². The maximum atomic E-state index is 14.1. The number of unbranched alkanes of at least 4 members (excludes halogenated alkanes) is 2. The van der Waals surface area contributed by atoms with Crippen molar-refractivity contribution in [3.63, 3.8) is 0 Å². The van der Waals surface area contributed by atoms with E-state index in [9.17, 15) is 8.78 Å². The molecule has 2 aromatic rings. The van der Waals surface area contributed by atoms with Crippen LogP contribution in [-0.2, 0) is 6.42 Å². The average Bonchev–Trinajstić information content (AvgIpc) is 2.67. The molecule has 0 aliphatic carbocycles. The Morgan fingerprint density at radius 3 is 1.88 bits per heavy atom. The molecule has 0 atom stereocenters. The van der Waals surface area contributed by atoms with Crippen LogP contribution in [0.5, 0.6) is 0 Å². The van der Waals surface area contributed by atoms with Crippen molar-refractivity contribution in [1.29, 1.82) is 0 Å². The highest BCUT2D eigenvalue weighted by molar-refractivity contribution is 5.62. The van der Waals surface area contributed by atoms with Gasteiger partial charge in [0.15, 0.2) is 5.83 Å². The first-order valence-corrected chi connectivity index (χ1v) is 9.39. The maximum Gasteiger partial charge on any atom is 0.161 e. The summed E-state index contributed by atoms with van der Waals surface area (Å²) in [6, 6.07) is 14.8. The van der Waals surface area contributed by atoms with E-state index in [2.05, 4.69) is 30.9 Å². The first kappa shape index (κ1) is 19.9. The van der Waals surface area contributed by atoms with Crippen molar-refractivity contribution in [2.45, 2.75) is 52.4 Å². The van der Waals surface area contributed by atoms with Gasteiger partial charge in [0.05, 0.1) is 0 Å². The predicted octanol–water partition coefficient (Wildman–Crippen LogP) is 7.23. The fourth-order valence-corrected chi connectivity index (χ4v) is 2.68. The van der Waals surface area contributed by atoms with Gasteiger partial charge in [0.25, 0.3) is 0 Å². The van der Waals surface area contributed by atoms with Crippen LogP contribution in [0.15, 0.2) is 54.4 Å². The smallest absolute Gasteiger partial charge is 0.161 e. The van der Waals surface area contributed by atoms with E-state index in [1.54, 1.807) is 24.3 Å². The Labute approximate surface area is 156 Å². The van der Waals surface area contributed by atoms with Crippen LogP contribution in [-0.4, -0.2) is 0 Å². The normalized spacial score (nSPS) is 11.5. The van der Waals surface area contributed by atoms with E-state index in [0.29, 0.717) is 6.42 Å². The lowest BCUT2D eigenvalue weighted by Gasteiger charge is -2.02. The predicted molar refractivity (Wildman–Crippen MR) is 106 cm³/mol. The van der Waals surface area contributed by atoms with Gasteiger partial charge in [-0.2, -0.15) is 0 Å². The van der Waals surface area contributed by atoms with Crippen molar-refractivity contribution in [1.82, 2.24) is 0 Å². The van der Waals surface area contributed by atoms with Crippen LogP contribution in [0.4, 0.5) is 8.78 Å². The van der Waals surface area contributed by atoms with Crippen molar-refractivity contribution < 1.29 is 8.78 Å². The largest absolute Gasteiger partial charge is 0.209 e. The summed E-state index contributed by atoms with van der Waals surface area (Å²) in [7, 11) is 0. The lowest BCUT2D eigenvalue weighted by atomic mass is 10.1. The summed E-state index contributed by atoms with van der Waals surface area (Å²) in [5, 5.41) is 0. The fourth-order valence-electron chi connectivity index (χ4n) is 2.68. The van der Waals surface area contributed by atoms with E-state index in [4.69, 9.17) is 0 Å². The molecule has 0 unspecified atom stereocenters. The number of hydrogen-bond donors (Lipinski definition) is 0. The van der Waals surface area contributed by atoms with Crippen molar-refractivity contribution in [3.8, 4) is 11.8 Å². The van der Waals surface area contributed by atoms with Crippen LogP contribution in [0.25, 0.3) is 5.83 Å². The van der Waals surface area contributed by atoms with Crippen LogP contribution in [0.2, 0.25) is 0 Å². The summed E-state index contributed by atoms with van der Waals surface area (Å²) >= 11 is 0. The Bertz CT molecular complexity index is 772. The molecule has 0 aromatic heterocycles. The lowest BCUT2D eigenvalue weighted by molar-refractivity contribution is 0.541. The molecule has 0 N–H and O–H groups in total. The number of rotatable bonds is 7. The molecule has 0 spiro atoms. The van der Waals surface area contributed by atoms with Crippen LogP contribution < -0.4 is 0 Å². The lowest BCUT2D eigenvalue weighted by Crippen LogP contribution is -1.86. The monoisotopic (exact) mass is 352 g/mol. The molecule has 0 amide bonds. The third-order valence-corrected chi connectivity index (χ3v) is 4.22. The first-order chi connectivity index (χ1) is 12.6. The second kappa shape index (κ2) is 10.6. The molecule has 0 aliphatic rings. The molecule has 0 heterocycles. The van der Waals surface area contributed by atoms with E-state index < -0.39 is 11.7 Å². The molecular weight excluding hydrogens is 326 g/mol. The second-order valence-electron chi connectivity index (χ2n) is 6.45. The highest BCUT2D eigenvalue weighted by Gasteiger charge is 2.08. The third-order valence-electron chi connectivity index (χ3n) is 4.22. The van der Waals surface area contributed by atoms with E-state index in [1.807, 2.05) is 19.1 Å². The van der Waals surface area contributed by atoms with Gasteiger partial charge in [-0.3, -0.25) is 0 Å². The maximum absolute atomic E-state index is 14.1. The van der Waals surface area contributed by atoms with Crippen molar-refractivity contribution >= 4 is 5.83 Å². The zero-order valence-electron chi connectivity index (χ0n) is 15.6. The van der Waals surface area contributed by atoms with Gasteiger partial charge in [-0.15, -0.1) is 0 Å². The molecule has 0 aliphatic heterocycles. The summed E-state index contributed by atoms with van der Waals surface area (Å²) in [6.07, 6.45) is 4.94. The van der Waals surface area contributed by atoms with Crippen LogP contribution in [0.3, 0.4) is 0 Å². The van der Waals surface area contributed by atoms with Crippen molar-refractivity contribution in [2.75, 3.05) is 0 Å². The van der Waals surface area contributed by atoms with Gasteiger partial charge in [-0.25, -0.2) is 8.78 Å². The SMILES string of the molecule is CCCCC/C(F)=C(/F)c1ccc(C#Cc2ccc(CCC)cc2)cc1. The minimum Gasteiger partial charge on any atom is -0.209 e. The van der Waals surface area contributed by atoms with E-state index in [1.165, 1.54) is 5.56 Å². The Balaban J connectivity index is 2.04. The molecule has 2 heteroatoms. The molecule has 0 saturated heterocycles. The standard InChI is InChI=1S/C24H26F2/c1-3-5-6-8-23(25)24(26)22-17-15-21(16-18-22)14-13-20-11-9-19(7-4-2)10-12-20/h9-12,15-18H,3-8H2,1-2H3/b24-23-. The topological polar surface area (TPSA) is 0 Å². The molecule has 0 saturated carbocycles. The van der Waals surface area contributed by atoms with Crippen molar-refractivity contribution in [3.05, 3.63) is 76.6 Å². The van der Waals surface area contributed by atoms with Gasteiger partial charge in [0.1, 0.15) is 5.83 Å². The van der Waals surface area contributed by atoms with Gasteiger partial charge in [0.2, 0.25) is 0 Å². The molecule has 0 bridgehead atoms. The van der Waals surface area contributed by atoms with Gasteiger partial charge in [-0.05, 0) is 42.7 Å². The molecule has 136 valence electrons. The van der Waals surface area contributed by atoms with Gasteiger partial charge >= 0.3 is 0 Å². The molecule has 26 heavy (non-hydrogen) atoms. The fraction of sp³-hybridized carbons (Fsp3) is 0.333. The molecule has 0 fully saturated rings.